The molecule has 0 fully saturated rings. The maximum atomic E-state index is 13.5. The molecule has 2 N–H and O–H groups in total. The number of aromatic carboxylic acids is 1. The smallest absolute Gasteiger partial charge is 0.337 e. The number of anilines is 2. The molecule has 0 saturated heterocycles. The van der Waals surface area contributed by atoms with E-state index in [9.17, 15) is 23.1 Å². The number of amides is 1. The van der Waals surface area contributed by atoms with Crippen LogP contribution in [-0.4, -0.2) is 39.1 Å². The van der Waals surface area contributed by atoms with Crippen molar-refractivity contribution in [2.24, 2.45) is 0 Å². The molecule has 0 aromatic heterocycles. The van der Waals surface area contributed by atoms with Crippen LogP contribution in [0.25, 0.3) is 0 Å². The number of methoxy groups -OCH3 is 1. The maximum Gasteiger partial charge on any atom is 0.337 e. The summed E-state index contributed by atoms with van der Waals surface area (Å²) in [5.41, 5.74) is 0.924. The van der Waals surface area contributed by atoms with Gasteiger partial charge in [0.25, 0.3) is 10.0 Å². The molecular formula is C23H22N2O6S. The molecule has 0 radical (unpaired) electrons. The molecule has 0 aliphatic rings. The maximum absolute atomic E-state index is 13.5. The number of nitrogens with zero attached hydrogens (tertiary/aromatic N) is 1. The molecule has 0 heterocycles. The van der Waals surface area contributed by atoms with Crippen molar-refractivity contribution in [3.05, 3.63) is 83.9 Å². The molecule has 0 atom stereocenters. The molecule has 0 aliphatic carbocycles. The fourth-order valence-electron chi connectivity index (χ4n) is 3.11. The third-order valence-corrected chi connectivity index (χ3v) is 6.43. The SMILES string of the molecule is COc1ccc(C)cc1N(CC(=O)Nc1ccccc1C(=O)O)S(=O)(=O)c1ccccc1. The van der Waals surface area contributed by atoms with Crippen LogP contribution in [0.1, 0.15) is 15.9 Å². The number of nitrogens with one attached hydrogen (secondary N) is 1. The highest BCUT2D eigenvalue weighted by atomic mass is 32.2. The molecule has 3 aromatic carbocycles. The van der Waals surface area contributed by atoms with Gasteiger partial charge in [-0.25, -0.2) is 13.2 Å². The van der Waals surface area contributed by atoms with Crippen LogP contribution < -0.4 is 14.4 Å². The molecule has 8 nitrogen and oxygen atoms in total. The van der Waals surface area contributed by atoms with Gasteiger partial charge >= 0.3 is 5.97 Å². The predicted octanol–water partition coefficient (Wildman–Crippen LogP) is 3.54. The number of carboxylic acid groups (broad SMARTS) is 1. The molecular weight excluding hydrogens is 432 g/mol. The molecule has 0 bridgehead atoms. The summed E-state index contributed by atoms with van der Waals surface area (Å²) in [5, 5.41) is 11.8. The lowest BCUT2D eigenvalue weighted by molar-refractivity contribution is -0.114. The van der Waals surface area contributed by atoms with Crippen molar-refractivity contribution < 1.29 is 27.9 Å². The molecule has 32 heavy (non-hydrogen) atoms. The minimum atomic E-state index is -4.14. The first-order valence-corrected chi connectivity index (χ1v) is 11.0. The lowest BCUT2D eigenvalue weighted by Gasteiger charge is -2.26. The Morgan fingerprint density at radius 2 is 1.66 bits per heavy atom. The number of ether oxygens (including phenoxy) is 1. The minimum Gasteiger partial charge on any atom is -0.495 e. The van der Waals surface area contributed by atoms with E-state index in [1.807, 2.05) is 0 Å². The Labute approximate surface area is 186 Å². The first-order valence-electron chi connectivity index (χ1n) is 9.58. The fourth-order valence-corrected chi connectivity index (χ4v) is 4.56. The highest BCUT2D eigenvalue weighted by Crippen LogP contribution is 2.33. The summed E-state index contributed by atoms with van der Waals surface area (Å²) in [6.07, 6.45) is 0. The Morgan fingerprint density at radius 1 is 1.00 bits per heavy atom. The standard InChI is InChI=1S/C23H22N2O6S/c1-16-12-13-21(31-2)20(14-16)25(32(29,30)17-8-4-3-5-9-17)15-22(26)24-19-11-7-6-10-18(19)23(27)28/h3-14H,15H2,1-2H3,(H,24,26)(H,27,28). The van der Waals surface area contributed by atoms with E-state index in [2.05, 4.69) is 5.32 Å². The zero-order valence-corrected chi connectivity index (χ0v) is 18.3. The van der Waals surface area contributed by atoms with E-state index in [4.69, 9.17) is 4.74 Å². The summed E-state index contributed by atoms with van der Waals surface area (Å²) in [7, 11) is -2.73. The Kier molecular flexibility index (Phi) is 6.79. The number of rotatable bonds is 8. The number of benzene rings is 3. The Morgan fingerprint density at radius 3 is 2.31 bits per heavy atom. The molecule has 3 aromatic rings. The molecule has 9 heteroatoms. The van der Waals surface area contributed by atoms with Gasteiger partial charge in [0.2, 0.25) is 5.91 Å². The van der Waals surface area contributed by atoms with Gasteiger partial charge in [0.15, 0.2) is 0 Å². The first-order chi connectivity index (χ1) is 15.2. The van der Waals surface area contributed by atoms with Crippen LogP contribution in [0.15, 0.2) is 77.7 Å². The molecule has 0 spiro atoms. The van der Waals surface area contributed by atoms with Gasteiger partial charge < -0.3 is 15.2 Å². The molecule has 0 saturated carbocycles. The predicted molar refractivity (Wildman–Crippen MR) is 121 cm³/mol. The molecule has 166 valence electrons. The van der Waals surface area contributed by atoms with E-state index < -0.39 is 28.4 Å². The third kappa shape index (κ3) is 4.89. The third-order valence-electron chi connectivity index (χ3n) is 4.65. The summed E-state index contributed by atoms with van der Waals surface area (Å²) in [4.78, 5) is 24.3. The Bertz CT molecular complexity index is 1240. The average Bonchev–Trinajstić information content (AvgIpc) is 2.78. The molecule has 0 unspecified atom stereocenters. The summed E-state index contributed by atoms with van der Waals surface area (Å²) < 4.78 is 33.2. The summed E-state index contributed by atoms with van der Waals surface area (Å²) in [6, 6.07) is 18.6. The van der Waals surface area contributed by atoms with Crippen molar-refractivity contribution in [3.63, 3.8) is 0 Å². The summed E-state index contributed by atoms with van der Waals surface area (Å²) >= 11 is 0. The number of sulfonamides is 1. The van der Waals surface area contributed by atoms with Crippen molar-refractivity contribution >= 4 is 33.3 Å². The van der Waals surface area contributed by atoms with Crippen LogP contribution in [0.3, 0.4) is 0 Å². The number of carboxylic acids is 1. The van der Waals surface area contributed by atoms with Gasteiger partial charge in [0.1, 0.15) is 12.3 Å². The lowest BCUT2D eigenvalue weighted by atomic mass is 10.2. The van der Waals surface area contributed by atoms with E-state index >= 15 is 0 Å². The minimum absolute atomic E-state index is 0.00213. The van der Waals surface area contributed by atoms with Gasteiger partial charge in [-0.3, -0.25) is 9.10 Å². The quantitative estimate of drug-likeness (QED) is 0.538. The number of carbonyl (C=O) groups excluding carboxylic acids is 1. The zero-order valence-electron chi connectivity index (χ0n) is 17.5. The van der Waals surface area contributed by atoms with E-state index in [-0.39, 0.29) is 27.6 Å². The Balaban J connectivity index is 2.04. The van der Waals surface area contributed by atoms with E-state index in [1.165, 1.54) is 37.4 Å². The van der Waals surface area contributed by atoms with Crippen molar-refractivity contribution in [1.29, 1.82) is 0 Å². The van der Waals surface area contributed by atoms with Crippen LogP contribution in [0.5, 0.6) is 5.75 Å². The van der Waals surface area contributed by atoms with Crippen LogP contribution in [0, 0.1) is 6.92 Å². The highest BCUT2D eigenvalue weighted by molar-refractivity contribution is 7.92. The average molecular weight is 455 g/mol. The zero-order chi connectivity index (χ0) is 23.3. The van der Waals surface area contributed by atoms with Gasteiger partial charge in [-0.05, 0) is 48.9 Å². The first kappa shape index (κ1) is 22.8. The van der Waals surface area contributed by atoms with Crippen LogP contribution in [-0.2, 0) is 14.8 Å². The number of carbonyl (C=O) groups is 2. The Hall–Kier alpha value is -3.85. The molecule has 3 rings (SSSR count). The number of hydrogen-bond acceptors (Lipinski definition) is 5. The van der Waals surface area contributed by atoms with Crippen LogP contribution >= 0.6 is 0 Å². The second kappa shape index (κ2) is 9.52. The van der Waals surface area contributed by atoms with Crippen molar-refractivity contribution in [1.82, 2.24) is 0 Å². The van der Waals surface area contributed by atoms with Gasteiger partial charge in [-0.2, -0.15) is 0 Å². The molecule has 0 aliphatic heterocycles. The largest absolute Gasteiger partial charge is 0.495 e. The second-order valence-corrected chi connectivity index (χ2v) is 8.76. The number of para-hydroxylation sites is 1. The van der Waals surface area contributed by atoms with Crippen LogP contribution in [0.2, 0.25) is 0 Å². The van der Waals surface area contributed by atoms with E-state index in [1.54, 1.807) is 49.4 Å². The van der Waals surface area contributed by atoms with Crippen molar-refractivity contribution in [2.75, 3.05) is 23.3 Å². The van der Waals surface area contributed by atoms with E-state index in [0.717, 1.165) is 9.87 Å². The van der Waals surface area contributed by atoms with Crippen molar-refractivity contribution in [3.8, 4) is 5.75 Å². The van der Waals surface area contributed by atoms with Crippen LogP contribution in [0.4, 0.5) is 11.4 Å². The van der Waals surface area contributed by atoms with Gasteiger partial charge in [0.05, 0.1) is 28.9 Å². The second-order valence-electron chi connectivity index (χ2n) is 6.90. The lowest BCUT2D eigenvalue weighted by Crippen LogP contribution is -2.38. The van der Waals surface area contributed by atoms with Gasteiger partial charge in [-0.1, -0.05) is 36.4 Å². The highest BCUT2D eigenvalue weighted by Gasteiger charge is 2.29. The van der Waals surface area contributed by atoms with Gasteiger partial charge in [-0.15, -0.1) is 0 Å². The fraction of sp³-hybridized carbons (Fsp3) is 0.130. The number of hydrogen-bond donors (Lipinski definition) is 2. The summed E-state index contributed by atoms with van der Waals surface area (Å²) in [6.45, 7) is 1.20. The topological polar surface area (TPSA) is 113 Å². The monoisotopic (exact) mass is 454 g/mol. The summed E-state index contributed by atoms with van der Waals surface area (Å²) in [5.74, 6) is -1.65. The van der Waals surface area contributed by atoms with E-state index in [0.29, 0.717) is 0 Å². The normalized spacial score (nSPS) is 10.9. The number of aryl methyl sites for hydroxylation is 1. The van der Waals surface area contributed by atoms with Gasteiger partial charge in [0, 0.05) is 0 Å². The molecule has 1 amide bonds. The van der Waals surface area contributed by atoms with Crippen molar-refractivity contribution in [2.45, 2.75) is 11.8 Å².